The predicted octanol–water partition coefficient (Wildman–Crippen LogP) is 3.35. The van der Waals surface area contributed by atoms with Crippen molar-refractivity contribution in [2.24, 2.45) is 5.92 Å². The average molecular weight is 359 g/mol. The smallest absolute Gasteiger partial charge is 0.319 e. The van der Waals surface area contributed by atoms with Crippen molar-refractivity contribution >= 4 is 33.6 Å². The molecule has 0 radical (unpaired) electrons. The van der Waals surface area contributed by atoms with Gasteiger partial charge in [-0.2, -0.15) is 0 Å². The molecule has 1 fully saturated rings. The van der Waals surface area contributed by atoms with E-state index in [0.717, 1.165) is 12.8 Å². The summed E-state index contributed by atoms with van der Waals surface area (Å²) < 4.78 is 14.1. The number of carboxylic acids is 1. The maximum Gasteiger partial charge on any atom is 0.319 e. The molecule has 1 aromatic rings. The number of para-hydroxylation sites is 1. The highest BCUT2D eigenvalue weighted by Gasteiger charge is 2.28. The van der Waals surface area contributed by atoms with Gasteiger partial charge in [-0.15, -0.1) is 0 Å². The molecule has 0 bridgehead atoms. The molecule has 5 nitrogen and oxygen atoms in total. The number of carbonyl (C=O) groups is 2. The van der Waals surface area contributed by atoms with E-state index in [0.29, 0.717) is 17.3 Å². The summed E-state index contributed by atoms with van der Waals surface area (Å²) in [5, 5.41) is 14.2. The lowest BCUT2D eigenvalue weighted by molar-refractivity contribution is -0.143. The van der Waals surface area contributed by atoms with Gasteiger partial charge in [0.15, 0.2) is 0 Å². The number of hydrogen-bond acceptors (Lipinski definition) is 2. The molecule has 1 saturated carbocycles. The highest BCUT2D eigenvalue weighted by atomic mass is 79.9. The highest BCUT2D eigenvalue weighted by Crippen LogP contribution is 2.26. The van der Waals surface area contributed by atoms with Crippen molar-refractivity contribution in [3.05, 3.63) is 28.5 Å². The van der Waals surface area contributed by atoms with Crippen LogP contribution in [0.3, 0.4) is 0 Å². The molecule has 1 aromatic carbocycles. The van der Waals surface area contributed by atoms with Gasteiger partial charge in [-0.25, -0.2) is 9.18 Å². The van der Waals surface area contributed by atoms with Crippen LogP contribution in [-0.2, 0) is 4.79 Å². The molecule has 114 valence electrons. The summed E-state index contributed by atoms with van der Waals surface area (Å²) in [5.74, 6) is -1.80. The Balaban J connectivity index is 1.94. The summed E-state index contributed by atoms with van der Waals surface area (Å²) in [6.07, 6.45) is 2.52. The molecular formula is C14H16BrFN2O3. The number of hydrogen-bond donors (Lipinski definition) is 3. The summed E-state index contributed by atoms with van der Waals surface area (Å²) in [6.45, 7) is 0. The molecule has 0 aliphatic heterocycles. The molecule has 0 spiro atoms. The van der Waals surface area contributed by atoms with Crippen molar-refractivity contribution in [3.8, 4) is 0 Å². The number of urea groups is 1. The average Bonchev–Trinajstić information content (AvgIpc) is 2.43. The summed E-state index contributed by atoms with van der Waals surface area (Å²) in [4.78, 5) is 22.9. The number of halogens is 2. The monoisotopic (exact) mass is 358 g/mol. The van der Waals surface area contributed by atoms with Gasteiger partial charge in [0.1, 0.15) is 5.82 Å². The van der Waals surface area contributed by atoms with Crippen molar-refractivity contribution < 1.29 is 19.1 Å². The molecule has 3 N–H and O–H groups in total. The molecule has 1 aliphatic rings. The van der Waals surface area contributed by atoms with E-state index in [1.165, 1.54) is 12.1 Å². The maximum atomic E-state index is 13.6. The second kappa shape index (κ2) is 6.89. The normalized spacial score (nSPS) is 21.6. The fourth-order valence-electron chi connectivity index (χ4n) is 2.50. The van der Waals surface area contributed by atoms with Crippen LogP contribution in [0.5, 0.6) is 0 Å². The van der Waals surface area contributed by atoms with Crippen molar-refractivity contribution in [1.29, 1.82) is 0 Å². The quantitative estimate of drug-likeness (QED) is 0.775. The Bertz CT molecular complexity index is 533. The number of benzene rings is 1. The highest BCUT2D eigenvalue weighted by molar-refractivity contribution is 9.10. The van der Waals surface area contributed by atoms with Crippen LogP contribution >= 0.6 is 15.9 Å². The zero-order valence-corrected chi connectivity index (χ0v) is 12.8. The third-order valence-electron chi connectivity index (χ3n) is 3.56. The summed E-state index contributed by atoms with van der Waals surface area (Å²) in [7, 11) is 0. The first-order chi connectivity index (χ1) is 9.97. The standard InChI is InChI=1S/C14H16BrFN2O3/c15-10-5-2-6-11(16)12(10)18-14(21)17-9-4-1-3-8(7-9)13(19)20/h2,5-6,8-9H,1,3-4,7H2,(H,19,20)(H2,17,18,21). The van der Waals surface area contributed by atoms with Gasteiger partial charge in [-0.3, -0.25) is 4.79 Å². The summed E-state index contributed by atoms with van der Waals surface area (Å²) in [5.41, 5.74) is 0.0700. The van der Waals surface area contributed by atoms with Gasteiger partial charge in [0, 0.05) is 10.5 Å². The zero-order valence-electron chi connectivity index (χ0n) is 11.2. The lowest BCUT2D eigenvalue weighted by atomic mass is 9.86. The zero-order chi connectivity index (χ0) is 15.4. The van der Waals surface area contributed by atoms with E-state index in [1.54, 1.807) is 6.07 Å². The first-order valence-electron chi connectivity index (χ1n) is 6.71. The van der Waals surface area contributed by atoms with Crippen LogP contribution in [0, 0.1) is 11.7 Å². The molecule has 0 saturated heterocycles. The first-order valence-corrected chi connectivity index (χ1v) is 7.51. The molecule has 21 heavy (non-hydrogen) atoms. The lowest BCUT2D eigenvalue weighted by Gasteiger charge is -2.27. The third kappa shape index (κ3) is 4.17. The van der Waals surface area contributed by atoms with Crippen LogP contribution < -0.4 is 10.6 Å². The fourth-order valence-corrected chi connectivity index (χ4v) is 2.94. The van der Waals surface area contributed by atoms with Gasteiger partial charge < -0.3 is 15.7 Å². The third-order valence-corrected chi connectivity index (χ3v) is 4.22. The van der Waals surface area contributed by atoms with Gasteiger partial charge in [0.25, 0.3) is 0 Å². The van der Waals surface area contributed by atoms with E-state index in [1.807, 2.05) is 0 Å². The molecule has 1 aliphatic carbocycles. The van der Waals surface area contributed by atoms with Crippen LogP contribution in [0.15, 0.2) is 22.7 Å². The number of nitrogens with one attached hydrogen (secondary N) is 2. The Kier molecular flexibility index (Phi) is 5.17. The fraction of sp³-hybridized carbons (Fsp3) is 0.429. The van der Waals surface area contributed by atoms with E-state index in [4.69, 9.17) is 5.11 Å². The number of carboxylic acid groups (broad SMARTS) is 1. The van der Waals surface area contributed by atoms with Gasteiger partial charge >= 0.3 is 12.0 Å². The summed E-state index contributed by atoms with van der Waals surface area (Å²) in [6, 6.07) is 3.67. The van der Waals surface area contributed by atoms with Gasteiger partial charge in [0.2, 0.25) is 0 Å². The van der Waals surface area contributed by atoms with E-state index < -0.39 is 23.7 Å². The SMILES string of the molecule is O=C(Nc1c(F)cccc1Br)NC1CCCC(C(=O)O)C1. The Labute approximate surface area is 130 Å². The van der Waals surface area contributed by atoms with E-state index >= 15 is 0 Å². The minimum atomic E-state index is -0.834. The largest absolute Gasteiger partial charge is 0.481 e. The van der Waals surface area contributed by atoms with Gasteiger partial charge in [-0.1, -0.05) is 12.5 Å². The number of carbonyl (C=O) groups excluding carboxylic acids is 1. The number of amides is 2. The number of anilines is 1. The molecule has 0 heterocycles. The Morgan fingerprint density at radius 3 is 2.76 bits per heavy atom. The van der Waals surface area contributed by atoms with Gasteiger partial charge in [0.05, 0.1) is 11.6 Å². The minimum Gasteiger partial charge on any atom is -0.481 e. The van der Waals surface area contributed by atoms with Crippen molar-refractivity contribution in [3.63, 3.8) is 0 Å². The van der Waals surface area contributed by atoms with E-state index in [2.05, 4.69) is 26.6 Å². The van der Waals surface area contributed by atoms with E-state index in [9.17, 15) is 14.0 Å². The second-order valence-corrected chi connectivity index (χ2v) is 5.95. The molecule has 2 atom stereocenters. The van der Waals surface area contributed by atoms with Crippen molar-refractivity contribution in [2.45, 2.75) is 31.7 Å². The molecule has 0 aromatic heterocycles. The van der Waals surface area contributed by atoms with Crippen LogP contribution in [-0.4, -0.2) is 23.1 Å². The van der Waals surface area contributed by atoms with Crippen LogP contribution in [0.1, 0.15) is 25.7 Å². The molecule has 2 rings (SSSR count). The maximum absolute atomic E-state index is 13.6. The van der Waals surface area contributed by atoms with Crippen molar-refractivity contribution in [1.82, 2.24) is 5.32 Å². The lowest BCUT2D eigenvalue weighted by Crippen LogP contribution is -2.42. The van der Waals surface area contributed by atoms with Crippen LogP contribution in [0.2, 0.25) is 0 Å². The molecular weight excluding hydrogens is 343 g/mol. The first kappa shape index (κ1) is 15.8. The predicted molar refractivity (Wildman–Crippen MR) is 79.6 cm³/mol. The van der Waals surface area contributed by atoms with E-state index in [-0.39, 0.29) is 11.7 Å². The Morgan fingerprint density at radius 1 is 1.33 bits per heavy atom. The van der Waals surface area contributed by atoms with Crippen LogP contribution in [0.25, 0.3) is 0 Å². The molecule has 2 unspecified atom stereocenters. The molecule has 7 heteroatoms. The van der Waals surface area contributed by atoms with Gasteiger partial charge in [-0.05, 0) is 47.3 Å². The molecule has 2 amide bonds. The summed E-state index contributed by atoms with van der Waals surface area (Å²) >= 11 is 3.17. The Morgan fingerprint density at radius 2 is 2.10 bits per heavy atom. The van der Waals surface area contributed by atoms with Crippen molar-refractivity contribution in [2.75, 3.05) is 5.32 Å². The topological polar surface area (TPSA) is 78.4 Å². The van der Waals surface area contributed by atoms with Crippen LogP contribution in [0.4, 0.5) is 14.9 Å². The minimum absolute atomic E-state index is 0.0700. The number of rotatable bonds is 3. The number of aliphatic carboxylic acids is 1. The Hall–Kier alpha value is -1.63. The second-order valence-electron chi connectivity index (χ2n) is 5.09.